The first-order valence-corrected chi connectivity index (χ1v) is 22.9. The fraction of sp³-hybridized carbons (Fsp3) is 0.360. The van der Waals surface area contributed by atoms with Crippen molar-refractivity contribution in [2.24, 2.45) is 0 Å². The van der Waals surface area contributed by atoms with E-state index in [0.29, 0.717) is 19.4 Å². The highest BCUT2D eigenvalue weighted by Gasteiger charge is 2.49. The molecule has 4 aromatic rings. The molecule has 1 saturated heterocycles. The predicted molar refractivity (Wildman–Crippen MR) is 242 cm³/mol. The maximum absolute atomic E-state index is 12.5. The third-order valence-electron chi connectivity index (χ3n) is 12.3. The number of fused-ring (bicyclic) bond motifs is 6. The zero-order chi connectivity index (χ0) is 43.5. The Balaban J connectivity index is 1.05. The van der Waals surface area contributed by atoms with Gasteiger partial charge in [-0.15, -0.1) is 5.06 Å². The SMILES string of the molecule is CCCCCN1/C(=C/C=C/C=C/C=C/C2=[N+](CCCCCC(=O)ON3C(=O)CC(S(=O)(=O)O)C3=O)c3ccc4ccccc4c3C2(C)C)C(C)(C)c2c1ccc1ccccc21. The van der Waals surface area contributed by atoms with Crippen molar-refractivity contribution < 1.29 is 36.8 Å². The number of hydroxylamine groups is 2. The van der Waals surface area contributed by atoms with Crippen molar-refractivity contribution in [1.29, 1.82) is 0 Å². The van der Waals surface area contributed by atoms with Gasteiger partial charge in [-0.2, -0.15) is 13.0 Å². The van der Waals surface area contributed by atoms with Crippen molar-refractivity contribution in [3.63, 3.8) is 0 Å². The number of imide groups is 1. The molecule has 1 atom stereocenters. The van der Waals surface area contributed by atoms with Gasteiger partial charge in [0.05, 0.1) is 11.8 Å². The molecule has 61 heavy (non-hydrogen) atoms. The van der Waals surface area contributed by atoms with E-state index in [4.69, 9.17) is 4.84 Å². The smallest absolute Gasteiger partial charge is 0.333 e. The standard InChI is InChI=1S/C50H55N3O7S/c1-6-7-19-32-51-39-30-28-35-21-15-17-23-37(35)46(39)49(2,3)42(51)25-12-9-8-10-13-26-43-50(4,5)47-38-24-18-16-22-36(38)29-31-40(47)52(43)33-20-11-14-27-45(55)60-53-44(54)34-41(48(53)56)61(57,58)59/h8-10,12-13,15-18,21-26,28-31,41H,6-7,11,14,19-20,27,32-34H2,1-5H3/p+1. The van der Waals surface area contributed by atoms with E-state index < -0.39 is 39.6 Å². The number of allylic oxidation sites excluding steroid dienone is 8. The highest BCUT2D eigenvalue weighted by atomic mass is 32.2. The number of hydrogen-bond acceptors (Lipinski definition) is 7. The number of hydrogen-bond donors (Lipinski definition) is 1. The minimum Gasteiger partial charge on any atom is -0.344 e. The Hall–Kier alpha value is -5.65. The van der Waals surface area contributed by atoms with Crippen LogP contribution in [-0.2, 0) is 40.2 Å². The number of rotatable bonds is 16. The van der Waals surface area contributed by atoms with Crippen LogP contribution < -0.4 is 4.90 Å². The van der Waals surface area contributed by atoms with Crippen LogP contribution in [0, 0.1) is 0 Å². The van der Waals surface area contributed by atoms with Gasteiger partial charge in [0, 0.05) is 53.9 Å². The molecule has 0 aliphatic carbocycles. The Morgan fingerprint density at radius 3 is 2.15 bits per heavy atom. The molecule has 318 valence electrons. The Labute approximate surface area is 359 Å². The highest BCUT2D eigenvalue weighted by molar-refractivity contribution is 7.87. The molecule has 1 unspecified atom stereocenters. The number of carbonyl (C=O) groups is 3. The van der Waals surface area contributed by atoms with Crippen LogP contribution in [0.5, 0.6) is 0 Å². The number of unbranched alkanes of at least 4 members (excludes halogenated alkanes) is 4. The Morgan fingerprint density at radius 1 is 0.803 bits per heavy atom. The predicted octanol–water partition coefficient (Wildman–Crippen LogP) is 9.94. The average molecular weight is 843 g/mol. The first kappa shape index (κ1) is 43.4. The zero-order valence-electron chi connectivity index (χ0n) is 35.8. The molecule has 1 N–H and O–H groups in total. The summed E-state index contributed by atoms with van der Waals surface area (Å²) in [6, 6.07) is 26.0. The molecule has 1 fully saturated rings. The van der Waals surface area contributed by atoms with Crippen LogP contribution in [0.3, 0.4) is 0 Å². The third-order valence-corrected chi connectivity index (χ3v) is 13.4. The number of benzene rings is 4. The molecule has 0 saturated carbocycles. The van der Waals surface area contributed by atoms with Crippen LogP contribution in [0.25, 0.3) is 21.5 Å². The van der Waals surface area contributed by atoms with E-state index in [9.17, 15) is 27.4 Å². The Kier molecular flexibility index (Phi) is 12.6. The van der Waals surface area contributed by atoms with E-state index in [-0.39, 0.29) is 22.3 Å². The van der Waals surface area contributed by atoms with E-state index in [1.165, 1.54) is 56.9 Å². The van der Waals surface area contributed by atoms with Gasteiger partial charge in [0.2, 0.25) is 5.69 Å². The van der Waals surface area contributed by atoms with Gasteiger partial charge in [0.15, 0.2) is 11.0 Å². The van der Waals surface area contributed by atoms with Gasteiger partial charge < -0.3 is 9.74 Å². The van der Waals surface area contributed by atoms with Crippen molar-refractivity contribution in [3.8, 4) is 0 Å². The summed E-state index contributed by atoms with van der Waals surface area (Å²) in [7, 11) is -4.79. The van der Waals surface area contributed by atoms with Crippen LogP contribution in [-0.4, -0.2) is 64.4 Å². The molecule has 7 rings (SSSR count). The fourth-order valence-corrected chi connectivity index (χ4v) is 10.0. The molecular weight excluding hydrogens is 787 g/mol. The van der Waals surface area contributed by atoms with E-state index in [2.05, 4.69) is 159 Å². The Morgan fingerprint density at radius 2 is 1.46 bits per heavy atom. The van der Waals surface area contributed by atoms with Crippen molar-refractivity contribution in [2.75, 3.05) is 18.0 Å². The van der Waals surface area contributed by atoms with E-state index in [1.54, 1.807) is 0 Å². The normalized spacial score (nSPS) is 19.2. The maximum Gasteiger partial charge on any atom is 0.333 e. The van der Waals surface area contributed by atoms with E-state index in [1.807, 2.05) is 0 Å². The van der Waals surface area contributed by atoms with Crippen molar-refractivity contribution in [2.45, 2.75) is 102 Å². The first-order chi connectivity index (χ1) is 29.2. The summed E-state index contributed by atoms with van der Waals surface area (Å²) in [6.07, 6.45) is 19.5. The number of amides is 2. The van der Waals surface area contributed by atoms with Crippen molar-refractivity contribution >= 4 is 66.5 Å². The number of carbonyl (C=O) groups excluding carboxylic acids is 3. The summed E-state index contributed by atoms with van der Waals surface area (Å²) in [6.45, 7) is 13.1. The summed E-state index contributed by atoms with van der Waals surface area (Å²) in [5.41, 5.74) is 7.13. The second kappa shape index (κ2) is 17.8. The third kappa shape index (κ3) is 8.63. The van der Waals surface area contributed by atoms with Gasteiger partial charge in [-0.25, -0.2) is 4.79 Å². The molecule has 3 aliphatic heterocycles. The van der Waals surface area contributed by atoms with Crippen molar-refractivity contribution in [3.05, 3.63) is 132 Å². The zero-order valence-corrected chi connectivity index (χ0v) is 36.6. The summed E-state index contributed by atoms with van der Waals surface area (Å²) in [5, 5.41) is 3.18. The molecule has 4 aromatic carbocycles. The average Bonchev–Trinajstić information content (AvgIpc) is 3.73. The lowest BCUT2D eigenvalue weighted by Crippen LogP contribution is -2.36. The van der Waals surface area contributed by atoms with Crippen LogP contribution in [0.4, 0.5) is 11.4 Å². The van der Waals surface area contributed by atoms with Crippen molar-refractivity contribution in [1.82, 2.24) is 5.06 Å². The fourth-order valence-electron chi connectivity index (χ4n) is 9.33. The largest absolute Gasteiger partial charge is 0.344 e. The topological polar surface area (TPSA) is 124 Å². The second-order valence-corrected chi connectivity index (χ2v) is 18.8. The summed E-state index contributed by atoms with van der Waals surface area (Å²) < 4.78 is 34.5. The quantitative estimate of drug-likeness (QED) is 0.0389. The van der Waals surface area contributed by atoms with Gasteiger partial charge in [0.1, 0.15) is 6.54 Å². The summed E-state index contributed by atoms with van der Waals surface area (Å²) in [4.78, 5) is 44.4. The van der Waals surface area contributed by atoms with Gasteiger partial charge >= 0.3 is 5.97 Å². The van der Waals surface area contributed by atoms with Crippen LogP contribution in [0.15, 0.2) is 121 Å². The molecule has 3 heterocycles. The molecule has 3 aliphatic rings. The van der Waals surface area contributed by atoms with Gasteiger partial charge in [-0.1, -0.05) is 119 Å². The lowest BCUT2D eigenvalue weighted by molar-refractivity contribution is -0.438. The lowest BCUT2D eigenvalue weighted by Gasteiger charge is -2.27. The molecule has 10 nitrogen and oxygen atoms in total. The van der Waals surface area contributed by atoms with E-state index >= 15 is 0 Å². The molecule has 11 heteroatoms. The lowest BCUT2D eigenvalue weighted by atomic mass is 9.79. The number of anilines is 1. The van der Waals surface area contributed by atoms with Crippen LogP contribution in [0.2, 0.25) is 0 Å². The van der Waals surface area contributed by atoms with Gasteiger partial charge in [-0.05, 0) is 78.4 Å². The maximum atomic E-state index is 12.5. The van der Waals surface area contributed by atoms with Crippen LogP contribution in [0.1, 0.15) is 97.1 Å². The molecule has 0 spiro atoms. The first-order valence-electron chi connectivity index (χ1n) is 21.4. The summed E-state index contributed by atoms with van der Waals surface area (Å²) in [5.74, 6) is -3.07. The molecule has 2 amide bonds. The monoisotopic (exact) mass is 842 g/mol. The Bertz CT molecular complexity index is 2650. The van der Waals surface area contributed by atoms with E-state index in [0.717, 1.165) is 30.8 Å². The minimum atomic E-state index is -4.79. The van der Waals surface area contributed by atoms with Gasteiger partial charge in [-0.3, -0.25) is 14.1 Å². The highest BCUT2D eigenvalue weighted by Crippen LogP contribution is 2.51. The minimum absolute atomic E-state index is 0.0655. The number of nitrogens with zero attached hydrogens (tertiary/aromatic N) is 3. The van der Waals surface area contributed by atoms with Gasteiger partial charge in [0.25, 0.3) is 21.9 Å². The summed E-state index contributed by atoms with van der Waals surface area (Å²) >= 11 is 0. The second-order valence-electron chi connectivity index (χ2n) is 17.2. The molecule has 0 aromatic heterocycles. The molecular formula is C50H56N3O7S+. The van der Waals surface area contributed by atoms with Crippen LogP contribution >= 0.6 is 0 Å². The molecule has 0 bridgehead atoms. The molecule has 0 radical (unpaired) electrons.